The van der Waals surface area contributed by atoms with E-state index in [9.17, 15) is 0 Å². The lowest BCUT2D eigenvalue weighted by Crippen LogP contribution is -2.01. The van der Waals surface area contributed by atoms with Crippen LogP contribution in [0.1, 0.15) is 12.8 Å². The summed E-state index contributed by atoms with van der Waals surface area (Å²) in [6, 6.07) is 13.5. The second-order valence-electron chi connectivity index (χ2n) is 4.99. The van der Waals surface area contributed by atoms with Crippen LogP contribution in [0.15, 0.2) is 48.8 Å². The Morgan fingerprint density at radius 1 is 1.00 bits per heavy atom. The SMILES string of the molecule is c1ccc2c(c1)cc(NC1CC1)c1ccncc12. The fourth-order valence-corrected chi connectivity index (χ4v) is 2.51. The molecular weight excluding hydrogens is 220 g/mol. The van der Waals surface area contributed by atoms with Crippen molar-refractivity contribution in [1.29, 1.82) is 0 Å². The van der Waals surface area contributed by atoms with Crippen LogP contribution in [-0.4, -0.2) is 11.0 Å². The highest BCUT2D eigenvalue weighted by Gasteiger charge is 2.21. The molecule has 1 aliphatic carbocycles. The van der Waals surface area contributed by atoms with Crippen molar-refractivity contribution in [3.05, 3.63) is 48.8 Å². The molecule has 2 heteroatoms. The van der Waals surface area contributed by atoms with Crippen molar-refractivity contribution in [2.75, 3.05) is 5.32 Å². The minimum atomic E-state index is 0.669. The van der Waals surface area contributed by atoms with E-state index in [1.165, 1.54) is 40.1 Å². The first kappa shape index (κ1) is 9.89. The number of anilines is 1. The number of hydrogen-bond acceptors (Lipinski definition) is 2. The van der Waals surface area contributed by atoms with Crippen molar-refractivity contribution in [2.24, 2.45) is 0 Å². The van der Waals surface area contributed by atoms with Gasteiger partial charge >= 0.3 is 0 Å². The summed E-state index contributed by atoms with van der Waals surface area (Å²) in [6.45, 7) is 0. The molecule has 1 fully saturated rings. The predicted molar refractivity (Wildman–Crippen MR) is 75.9 cm³/mol. The molecule has 0 saturated heterocycles. The van der Waals surface area contributed by atoms with Crippen LogP contribution < -0.4 is 5.32 Å². The summed E-state index contributed by atoms with van der Waals surface area (Å²) in [5.41, 5.74) is 1.24. The molecule has 1 aromatic heterocycles. The quantitative estimate of drug-likeness (QED) is 0.679. The van der Waals surface area contributed by atoms with E-state index in [0.29, 0.717) is 6.04 Å². The number of nitrogens with one attached hydrogen (secondary N) is 1. The Balaban J connectivity index is 2.07. The number of hydrogen-bond donors (Lipinski definition) is 1. The van der Waals surface area contributed by atoms with Crippen molar-refractivity contribution in [1.82, 2.24) is 4.98 Å². The van der Waals surface area contributed by atoms with Gasteiger partial charge in [0, 0.05) is 34.9 Å². The molecule has 0 aliphatic heterocycles. The van der Waals surface area contributed by atoms with Crippen molar-refractivity contribution >= 4 is 27.2 Å². The summed E-state index contributed by atoms with van der Waals surface area (Å²) in [7, 11) is 0. The zero-order valence-corrected chi connectivity index (χ0v) is 10.1. The molecule has 0 amide bonds. The van der Waals surface area contributed by atoms with Crippen LogP contribution >= 0.6 is 0 Å². The van der Waals surface area contributed by atoms with Gasteiger partial charge in [-0.2, -0.15) is 0 Å². The third-order valence-corrected chi connectivity index (χ3v) is 3.60. The lowest BCUT2D eigenvalue weighted by Gasteiger charge is -2.11. The standard InChI is InChI=1S/C16H14N2/c1-2-4-13-11(3-1)9-16(18-12-5-6-12)14-7-8-17-10-15(13)14/h1-4,7-10,12,18H,5-6H2. The van der Waals surface area contributed by atoms with Gasteiger partial charge in [-0.1, -0.05) is 24.3 Å². The molecule has 1 N–H and O–H groups in total. The minimum Gasteiger partial charge on any atom is -0.382 e. The van der Waals surface area contributed by atoms with Gasteiger partial charge in [-0.25, -0.2) is 0 Å². The van der Waals surface area contributed by atoms with E-state index in [1.54, 1.807) is 0 Å². The molecule has 2 aromatic carbocycles. The van der Waals surface area contributed by atoms with Crippen molar-refractivity contribution in [3.8, 4) is 0 Å². The largest absolute Gasteiger partial charge is 0.382 e. The maximum Gasteiger partial charge on any atom is 0.0429 e. The van der Waals surface area contributed by atoms with E-state index in [1.807, 2.05) is 12.4 Å². The Hall–Kier alpha value is -2.09. The topological polar surface area (TPSA) is 24.9 Å². The van der Waals surface area contributed by atoms with Gasteiger partial charge in [0.25, 0.3) is 0 Å². The third kappa shape index (κ3) is 1.53. The molecule has 2 nitrogen and oxygen atoms in total. The Bertz CT molecular complexity index is 729. The second-order valence-corrected chi connectivity index (χ2v) is 4.99. The van der Waals surface area contributed by atoms with Crippen LogP contribution in [-0.2, 0) is 0 Å². The number of benzene rings is 2. The maximum atomic E-state index is 4.27. The van der Waals surface area contributed by atoms with Crippen LogP contribution in [0.25, 0.3) is 21.5 Å². The molecule has 0 unspecified atom stereocenters. The van der Waals surface area contributed by atoms with E-state index in [2.05, 4.69) is 46.7 Å². The van der Waals surface area contributed by atoms with Crippen molar-refractivity contribution < 1.29 is 0 Å². The highest BCUT2D eigenvalue weighted by molar-refractivity contribution is 6.12. The smallest absolute Gasteiger partial charge is 0.0429 e. The Morgan fingerprint density at radius 2 is 1.89 bits per heavy atom. The average Bonchev–Trinajstić information content (AvgIpc) is 3.23. The molecule has 4 rings (SSSR count). The van der Waals surface area contributed by atoms with Gasteiger partial charge in [-0.15, -0.1) is 0 Å². The van der Waals surface area contributed by atoms with Crippen LogP contribution in [0.5, 0.6) is 0 Å². The van der Waals surface area contributed by atoms with E-state index < -0.39 is 0 Å². The fraction of sp³-hybridized carbons (Fsp3) is 0.188. The highest BCUT2D eigenvalue weighted by atomic mass is 15.0. The lowest BCUT2D eigenvalue weighted by atomic mass is 10.0. The molecule has 0 spiro atoms. The first-order chi connectivity index (χ1) is 8.92. The molecule has 1 heterocycles. The van der Waals surface area contributed by atoms with Gasteiger partial charge in [0.2, 0.25) is 0 Å². The summed E-state index contributed by atoms with van der Waals surface area (Å²) in [5.74, 6) is 0. The number of nitrogens with zero attached hydrogens (tertiary/aromatic N) is 1. The van der Waals surface area contributed by atoms with E-state index >= 15 is 0 Å². The molecule has 0 radical (unpaired) electrons. The first-order valence-electron chi connectivity index (χ1n) is 6.44. The Labute approximate surface area is 106 Å². The molecule has 1 aliphatic rings. The van der Waals surface area contributed by atoms with Crippen molar-refractivity contribution in [3.63, 3.8) is 0 Å². The summed E-state index contributed by atoms with van der Waals surface area (Å²) in [5, 5.41) is 8.69. The lowest BCUT2D eigenvalue weighted by molar-refractivity contribution is 1.16. The molecule has 0 atom stereocenters. The summed E-state index contributed by atoms with van der Waals surface area (Å²) in [6.07, 6.45) is 6.42. The number of rotatable bonds is 2. The Morgan fingerprint density at radius 3 is 2.78 bits per heavy atom. The molecule has 0 bridgehead atoms. The van der Waals surface area contributed by atoms with Gasteiger partial charge in [0.1, 0.15) is 0 Å². The van der Waals surface area contributed by atoms with Crippen LogP contribution in [0.4, 0.5) is 5.69 Å². The zero-order valence-electron chi connectivity index (χ0n) is 10.1. The molecule has 18 heavy (non-hydrogen) atoms. The first-order valence-corrected chi connectivity index (χ1v) is 6.44. The van der Waals surface area contributed by atoms with Gasteiger partial charge in [-0.3, -0.25) is 4.98 Å². The van der Waals surface area contributed by atoms with E-state index in [-0.39, 0.29) is 0 Å². The summed E-state index contributed by atoms with van der Waals surface area (Å²) < 4.78 is 0. The fourth-order valence-electron chi connectivity index (χ4n) is 2.51. The van der Waals surface area contributed by atoms with Crippen LogP contribution in [0, 0.1) is 0 Å². The summed E-state index contributed by atoms with van der Waals surface area (Å²) in [4.78, 5) is 4.27. The third-order valence-electron chi connectivity index (χ3n) is 3.60. The number of aromatic nitrogens is 1. The van der Waals surface area contributed by atoms with Crippen molar-refractivity contribution in [2.45, 2.75) is 18.9 Å². The Kier molecular flexibility index (Phi) is 2.04. The van der Waals surface area contributed by atoms with Gasteiger partial charge in [0.05, 0.1) is 0 Å². The van der Waals surface area contributed by atoms with E-state index in [0.717, 1.165) is 0 Å². The minimum absolute atomic E-state index is 0.669. The van der Waals surface area contributed by atoms with Gasteiger partial charge in [0.15, 0.2) is 0 Å². The molecule has 88 valence electrons. The molecular formula is C16H14N2. The zero-order chi connectivity index (χ0) is 11.9. The monoisotopic (exact) mass is 234 g/mol. The average molecular weight is 234 g/mol. The number of fused-ring (bicyclic) bond motifs is 3. The molecule has 1 saturated carbocycles. The highest BCUT2D eigenvalue weighted by Crippen LogP contribution is 2.34. The van der Waals surface area contributed by atoms with Gasteiger partial charge < -0.3 is 5.32 Å². The summed E-state index contributed by atoms with van der Waals surface area (Å²) >= 11 is 0. The maximum absolute atomic E-state index is 4.27. The normalized spacial score (nSPS) is 15.1. The molecule has 3 aromatic rings. The van der Waals surface area contributed by atoms with Gasteiger partial charge in [-0.05, 0) is 35.7 Å². The van der Waals surface area contributed by atoms with E-state index in [4.69, 9.17) is 0 Å². The number of pyridine rings is 1. The second kappa shape index (κ2) is 3.70. The van der Waals surface area contributed by atoms with Crippen LogP contribution in [0.2, 0.25) is 0 Å². The van der Waals surface area contributed by atoms with Crippen LogP contribution in [0.3, 0.4) is 0 Å². The predicted octanol–water partition coefficient (Wildman–Crippen LogP) is 3.96.